The fraction of sp³-hybridized carbons (Fsp3) is 0.385. The van der Waals surface area contributed by atoms with Crippen molar-refractivity contribution in [1.82, 2.24) is 5.32 Å². The van der Waals surface area contributed by atoms with Crippen LogP contribution in [0.25, 0.3) is 0 Å². The number of benzene rings is 1. The monoisotopic (exact) mass is 281 g/mol. The van der Waals surface area contributed by atoms with Crippen molar-refractivity contribution in [3.63, 3.8) is 0 Å². The molecule has 19 heavy (non-hydrogen) atoms. The molecule has 1 aromatic rings. The van der Waals surface area contributed by atoms with Gasteiger partial charge in [-0.05, 0) is 30.4 Å². The van der Waals surface area contributed by atoms with Crippen molar-refractivity contribution in [2.45, 2.75) is 12.5 Å². The predicted molar refractivity (Wildman–Crippen MR) is 72.8 cm³/mol. The zero-order chi connectivity index (χ0) is 13.7. The molecular weight excluding hydrogens is 266 g/mol. The Morgan fingerprint density at radius 1 is 1.47 bits per heavy atom. The van der Waals surface area contributed by atoms with E-state index < -0.39 is 12.6 Å². The van der Waals surface area contributed by atoms with E-state index in [1.807, 2.05) is 11.8 Å². The Bertz CT molecular complexity index is 471. The van der Waals surface area contributed by atoms with E-state index in [0.29, 0.717) is 11.3 Å². The molecule has 1 amide bonds. The van der Waals surface area contributed by atoms with Gasteiger partial charge in [-0.25, -0.2) is 4.79 Å². The molecule has 1 aromatic carbocycles. The summed E-state index contributed by atoms with van der Waals surface area (Å²) in [6.07, 6.45) is 0.992. The fourth-order valence-corrected chi connectivity index (χ4v) is 2.94. The molecule has 102 valence electrons. The van der Waals surface area contributed by atoms with Crippen LogP contribution in [-0.4, -0.2) is 41.1 Å². The van der Waals surface area contributed by atoms with Crippen LogP contribution >= 0.6 is 11.8 Å². The van der Waals surface area contributed by atoms with Crippen LogP contribution in [0.2, 0.25) is 0 Å². The minimum atomic E-state index is -1.04. The Morgan fingerprint density at radius 3 is 3.00 bits per heavy atom. The number of thioether (sulfide) groups is 1. The Morgan fingerprint density at radius 2 is 2.32 bits per heavy atom. The van der Waals surface area contributed by atoms with Crippen LogP contribution in [0.3, 0.4) is 0 Å². The number of carboxylic acid groups (broad SMARTS) is 1. The number of aliphatic carboxylic acids is 1. The Labute approximate surface area is 115 Å². The third-order valence-corrected chi connectivity index (χ3v) is 3.89. The fourth-order valence-electron chi connectivity index (χ4n) is 1.79. The average molecular weight is 281 g/mol. The second-order valence-corrected chi connectivity index (χ2v) is 5.39. The van der Waals surface area contributed by atoms with Gasteiger partial charge in [-0.15, -0.1) is 0 Å². The molecule has 0 aliphatic carbocycles. The Kier molecular flexibility index (Phi) is 4.68. The molecule has 1 heterocycles. The summed E-state index contributed by atoms with van der Waals surface area (Å²) >= 11 is 1.83. The molecule has 0 bridgehead atoms. The maximum Gasteiger partial charge on any atom is 0.341 e. The summed E-state index contributed by atoms with van der Waals surface area (Å²) in [7, 11) is 0. The SMILES string of the molecule is O=C(O)COc1cccc(C(=O)NC2CCSC2)c1. The van der Waals surface area contributed by atoms with Crippen LogP contribution in [0, 0.1) is 0 Å². The molecule has 0 spiro atoms. The van der Waals surface area contributed by atoms with Crippen LogP contribution in [-0.2, 0) is 4.79 Å². The van der Waals surface area contributed by atoms with Gasteiger partial charge in [-0.3, -0.25) is 4.79 Å². The standard InChI is InChI=1S/C13H15NO4S/c15-12(16)7-18-11-3-1-2-9(6-11)13(17)14-10-4-5-19-8-10/h1-3,6,10H,4-5,7-8H2,(H,14,17)(H,15,16). The van der Waals surface area contributed by atoms with Crippen molar-refractivity contribution in [2.75, 3.05) is 18.1 Å². The predicted octanol–water partition coefficient (Wildman–Crippen LogP) is 1.39. The van der Waals surface area contributed by atoms with Gasteiger partial charge < -0.3 is 15.2 Å². The largest absolute Gasteiger partial charge is 0.482 e. The van der Waals surface area contributed by atoms with E-state index in [2.05, 4.69) is 5.32 Å². The van der Waals surface area contributed by atoms with Crippen molar-refractivity contribution in [2.24, 2.45) is 0 Å². The topological polar surface area (TPSA) is 75.6 Å². The molecule has 5 nitrogen and oxygen atoms in total. The third-order valence-electron chi connectivity index (χ3n) is 2.72. The number of hydrogen-bond acceptors (Lipinski definition) is 4. The van der Waals surface area contributed by atoms with Gasteiger partial charge in [0.2, 0.25) is 0 Å². The van der Waals surface area contributed by atoms with Crippen molar-refractivity contribution in [3.05, 3.63) is 29.8 Å². The van der Waals surface area contributed by atoms with E-state index >= 15 is 0 Å². The minimum absolute atomic E-state index is 0.145. The quantitative estimate of drug-likeness (QED) is 0.853. The number of amides is 1. The first kappa shape index (κ1) is 13.7. The van der Waals surface area contributed by atoms with E-state index in [1.165, 1.54) is 0 Å². The molecule has 0 radical (unpaired) electrons. The van der Waals surface area contributed by atoms with E-state index in [0.717, 1.165) is 17.9 Å². The number of carbonyl (C=O) groups is 2. The summed E-state index contributed by atoms with van der Waals surface area (Å²) in [4.78, 5) is 22.4. The first-order chi connectivity index (χ1) is 9.15. The van der Waals surface area contributed by atoms with Crippen LogP contribution in [0.1, 0.15) is 16.8 Å². The highest BCUT2D eigenvalue weighted by atomic mass is 32.2. The molecule has 1 atom stereocenters. The third kappa shape index (κ3) is 4.17. The average Bonchev–Trinajstić information content (AvgIpc) is 2.89. The molecule has 2 N–H and O–H groups in total. The van der Waals surface area contributed by atoms with Gasteiger partial charge in [0.15, 0.2) is 6.61 Å². The summed E-state index contributed by atoms with van der Waals surface area (Å²) in [5, 5.41) is 11.5. The van der Waals surface area contributed by atoms with Gasteiger partial charge in [-0.1, -0.05) is 6.07 Å². The number of nitrogens with one attached hydrogen (secondary N) is 1. The first-order valence-electron chi connectivity index (χ1n) is 5.98. The summed E-state index contributed by atoms with van der Waals surface area (Å²) in [6.45, 7) is -0.412. The van der Waals surface area contributed by atoms with Gasteiger partial charge in [0.1, 0.15) is 5.75 Å². The molecule has 1 aliphatic heterocycles. The summed E-state index contributed by atoms with van der Waals surface area (Å²) in [5.41, 5.74) is 0.486. The van der Waals surface area contributed by atoms with Gasteiger partial charge in [-0.2, -0.15) is 11.8 Å². The molecule has 0 saturated carbocycles. The Balaban J connectivity index is 1.96. The van der Waals surface area contributed by atoms with E-state index in [4.69, 9.17) is 9.84 Å². The van der Waals surface area contributed by atoms with E-state index in [-0.39, 0.29) is 11.9 Å². The van der Waals surface area contributed by atoms with Crippen molar-refractivity contribution in [1.29, 1.82) is 0 Å². The molecule has 2 rings (SSSR count). The number of ether oxygens (including phenoxy) is 1. The van der Waals surface area contributed by atoms with Crippen LogP contribution in [0.4, 0.5) is 0 Å². The number of carbonyl (C=O) groups excluding carboxylic acids is 1. The van der Waals surface area contributed by atoms with Crippen LogP contribution in [0.5, 0.6) is 5.75 Å². The Hall–Kier alpha value is -1.69. The first-order valence-corrected chi connectivity index (χ1v) is 7.14. The molecule has 0 aromatic heterocycles. The number of rotatable bonds is 5. The lowest BCUT2D eigenvalue weighted by atomic mass is 10.2. The van der Waals surface area contributed by atoms with Crippen molar-refractivity contribution >= 4 is 23.6 Å². The summed E-state index contributed by atoms with van der Waals surface area (Å²) in [5.74, 6) is 1.22. The zero-order valence-electron chi connectivity index (χ0n) is 10.3. The van der Waals surface area contributed by atoms with E-state index in [1.54, 1.807) is 24.3 Å². The van der Waals surface area contributed by atoms with Crippen molar-refractivity contribution < 1.29 is 19.4 Å². The normalized spacial score (nSPS) is 18.0. The van der Waals surface area contributed by atoms with E-state index in [9.17, 15) is 9.59 Å². The molecule has 1 unspecified atom stereocenters. The van der Waals surface area contributed by atoms with Crippen molar-refractivity contribution in [3.8, 4) is 5.75 Å². The highest BCUT2D eigenvalue weighted by Crippen LogP contribution is 2.18. The lowest BCUT2D eigenvalue weighted by Crippen LogP contribution is -2.34. The van der Waals surface area contributed by atoms with Crippen LogP contribution in [0.15, 0.2) is 24.3 Å². The lowest BCUT2D eigenvalue weighted by Gasteiger charge is -2.12. The second kappa shape index (κ2) is 6.47. The maximum atomic E-state index is 12.0. The highest BCUT2D eigenvalue weighted by molar-refractivity contribution is 7.99. The maximum absolute atomic E-state index is 12.0. The number of hydrogen-bond donors (Lipinski definition) is 2. The van der Waals surface area contributed by atoms with Gasteiger partial charge in [0.05, 0.1) is 0 Å². The molecule has 1 aliphatic rings. The lowest BCUT2D eigenvalue weighted by molar-refractivity contribution is -0.139. The van der Waals surface area contributed by atoms with Gasteiger partial charge in [0.25, 0.3) is 5.91 Å². The molecule has 1 saturated heterocycles. The smallest absolute Gasteiger partial charge is 0.341 e. The molecule has 1 fully saturated rings. The highest BCUT2D eigenvalue weighted by Gasteiger charge is 2.18. The minimum Gasteiger partial charge on any atom is -0.482 e. The number of carboxylic acids is 1. The van der Waals surface area contributed by atoms with Gasteiger partial charge >= 0.3 is 5.97 Å². The molecular formula is C13H15NO4S. The van der Waals surface area contributed by atoms with Gasteiger partial charge in [0, 0.05) is 17.4 Å². The second-order valence-electron chi connectivity index (χ2n) is 4.24. The summed E-state index contributed by atoms with van der Waals surface area (Å²) < 4.78 is 5.04. The summed E-state index contributed by atoms with van der Waals surface area (Å²) in [6, 6.07) is 6.77. The zero-order valence-corrected chi connectivity index (χ0v) is 11.1. The van der Waals surface area contributed by atoms with Crippen LogP contribution < -0.4 is 10.1 Å². The molecule has 6 heteroatoms.